The molecule has 1 aromatic rings. The highest BCUT2D eigenvalue weighted by Crippen LogP contribution is 2.40. The van der Waals surface area contributed by atoms with E-state index in [0.29, 0.717) is 5.41 Å². The molecule has 2 nitrogen and oxygen atoms in total. The summed E-state index contributed by atoms with van der Waals surface area (Å²) in [4.78, 5) is 0. The van der Waals surface area contributed by atoms with E-state index in [9.17, 15) is 0 Å². The number of ether oxygens (including phenoxy) is 1. The highest BCUT2D eigenvalue weighted by atomic mass is 16.5. The predicted molar refractivity (Wildman–Crippen MR) is 85.1 cm³/mol. The van der Waals surface area contributed by atoms with Crippen LogP contribution in [0.15, 0.2) is 24.3 Å². The summed E-state index contributed by atoms with van der Waals surface area (Å²) < 4.78 is 5.61. The Labute approximate surface area is 123 Å². The Hall–Kier alpha value is -1.02. The molecule has 0 atom stereocenters. The minimum absolute atomic E-state index is 0.574. The van der Waals surface area contributed by atoms with Gasteiger partial charge < -0.3 is 10.1 Å². The van der Waals surface area contributed by atoms with Gasteiger partial charge in [-0.2, -0.15) is 0 Å². The summed E-state index contributed by atoms with van der Waals surface area (Å²) in [6.07, 6.45) is 8.00. The smallest absolute Gasteiger partial charge is 0.119 e. The van der Waals surface area contributed by atoms with Gasteiger partial charge in [0.15, 0.2) is 0 Å². The normalized spacial score (nSPS) is 17.3. The van der Waals surface area contributed by atoms with Gasteiger partial charge in [-0.25, -0.2) is 0 Å². The zero-order chi connectivity index (χ0) is 14.3. The van der Waals surface area contributed by atoms with Crippen LogP contribution in [0.2, 0.25) is 0 Å². The molecule has 1 aliphatic rings. The second-order valence-electron chi connectivity index (χ2n) is 6.16. The van der Waals surface area contributed by atoms with E-state index in [-0.39, 0.29) is 0 Å². The van der Waals surface area contributed by atoms with Crippen molar-refractivity contribution >= 4 is 0 Å². The molecule has 1 aliphatic carbocycles. The molecule has 20 heavy (non-hydrogen) atoms. The van der Waals surface area contributed by atoms with E-state index >= 15 is 0 Å². The quantitative estimate of drug-likeness (QED) is 0.752. The van der Waals surface area contributed by atoms with Crippen molar-refractivity contribution in [3.05, 3.63) is 29.8 Å². The van der Waals surface area contributed by atoms with Crippen molar-refractivity contribution in [3.63, 3.8) is 0 Å². The van der Waals surface area contributed by atoms with Crippen molar-refractivity contribution < 1.29 is 4.74 Å². The first-order valence-electron chi connectivity index (χ1n) is 8.20. The second kappa shape index (κ2) is 7.68. The number of benzene rings is 1. The average molecular weight is 275 g/mol. The van der Waals surface area contributed by atoms with Gasteiger partial charge in [0.2, 0.25) is 0 Å². The second-order valence-corrected chi connectivity index (χ2v) is 6.16. The van der Waals surface area contributed by atoms with Crippen LogP contribution >= 0.6 is 0 Å². The fourth-order valence-electron chi connectivity index (χ4n) is 3.18. The molecule has 0 unspecified atom stereocenters. The lowest BCUT2D eigenvalue weighted by Gasteiger charge is -2.27. The van der Waals surface area contributed by atoms with Crippen molar-refractivity contribution in [2.75, 3.05) is 13.2 Å². The molecule has 2 heteroatoms. The SMILES string of the molecule is CCCOc1ccc(CNCC2(CC)CCCC2)cc1. The van der Waals surface area contributed by atoms with Crippen molar-refractivity contribution in [1.82, 2.24) is 5.32 Å². The van der Waals surface area contributed by atoms with Gasteiger partial charge in [-0.05, 0) is 48.8 Å². The van der Waals surface area contributed by atoms with Crippen LogP contribution in [0.1, 0.15) is 57.9 Å². The number of hydrogen-bond acceptors (Lipinski definition) is 2. The van der Waals surface area contributed by atoms with E-state index in [1.165, 1.54) is 37.7 Å². The maximum Gasteiger partial charge on any atom is 0.119 e. The van der Waals surface area contributed by atoms with Gasteiger partial charge in [-0.15, -0.1) is 0 Å². The third-order valence-corrected chi connectivity index (χ3v) is 4.64. The Bertz CT molecular complexity index is 379. The van der Waals surface area contributed by atoms with Crippen molar-refractivity contribution in [2.24, 2.45) is 5.41 Å². The monoisotopic (exact) mass is 275 g/mol. The standard InChI is InChI=1S/C18H29NO/c1-3-13-20-17-9-7-16(8-10-17)14-19-15-18(4-2)11-5-6-12-18/h7-10,19H,3-6,11-15H2,1-2H3. The summed E-state index contributed by atoms with van der Waals surface area (Å²) >= 11 is 0. The fourth-order valence-corrected chi connectivity index (χ4v) is 3.18. The maximum absolute atomic E-state index is 5.61. The van der Waals surface area contributed by atoms with Gasteiger partial charge in [0.25, 0.3) is 0 Å². The van der Waals surface area contributed by atoms with E-state index in [4.69, 9.17) is 4.74 Å². The molecule has 1 fully saturated rings. The molecule has 0 heterocycles. The highest BCUT2D eigenvalue weighted by molar-refractivity contribution is 5.27. The van der Waals surface area contributed by atoms with Gasteiger partial charge in [0.05, 0.1) is 6.61 Å². The molecule has 0 saturated heterocycles. The minimum Gasteiger partial charge on any atom is -0.494 e. The summed E-state index contributed by atoms with van der Waals surface area (Å²) in [5.41, 5.74) is 1.92. The zero-order valence-corrected chi connectivity index (χ0v) is 13.1. The van der Waals surface area contributed by atoms with Crippen LogP contribution in [-0.4, -0.2) is 13.2 Å². The molecule has 0 aliphatic heterocycles. The lowest BCUT2D eigenvalue weighted by atomic mass is 9.83. The number of rotatable bonds is 8. The topological polar surface area (TPSA) is 21.3 Å². The molecule has 1 N–H and O–H groups in total. The van der Waals surface area contributed by atoms with Gasteiger partial charge in [0.1, 0.15) is 5.75 Å². The van der Waals surface area contributed by atoms with Gasteiger partial charge in [-0.1, -0.05) is 38.8 Å². The first-order valence-corrected chi connectivity index (χ1v) is 8.20. The first kappa shape index (κ1) is 15.4. The van der Waals surface area contributed by atoms with Crippen LogP contribution in [0, 0.1) is 5.41 Å². The summed E-state index contributed by atoms with van der Waals surface area (Å²) in [5, 5.41) is 3.66. The molecule has 1 saturated carbocycles. The van der Waals surface area contributed by atoms with Gasteiger partial charge >= 0.3 is 0 Å². The van der Waals surface area contributed by atoms with E-state index in [0.717, 1.165) is 31.9 Å². The molecule has 1 aromatic carbocycles. The Morgan fingerprint density at radius 3 is 2.40 bits per heavy atom. The summed E-state index contributed by atoms with van der Waals surface area (Å²) in [6.45, 7) is 7.40. The van der Waals surface area contributed by atoms with Crippen molar-refractivity contribution in [3.8, 4) is 5.75 Å². The highest BCUT2D eigenvalue weighted by Gasteiger charge is 2.31. The molecule has 0 amide bonds. The zero-order valence-electron chi connectivity index (χ0n) is 13.1. The Kier molecular flexibility index (Phi) is 5.90. The van der Waals surface area contributed by atoms with E-state index in [1.54, 1.807) is 0 Å². The van der Waals surface area contributed by atoms with Crippen LogP contribution < -0.4 is 10.1 Å². The van der Waals surface area contributed by atoms with Crippen LogP contribution in [0.3, 0.4) is 0 Å². The van der Waals surface area contributed by atoms with Crippen molar-refractivity contribution in [1.29, 1.82) is 0 Å². The summed E-state index contributed by atoms with van der Waals surface area (Å²) in [7, 11) is 0. The third kappa shape index (κ3) is 4.24. The molecule has 112 valence electrons. The lowest BCUT2D eigenvalue weighted by Crippen LogP contribution is -2.31. The minimum atomic E-state index is 0.574. The largest absolute Gasteiger partial charge is 0.494 e. The summed E-state index contributed by atoms with van der Waals surface area (Å²) in [5.74, 6) is 0.983. The summed E-state index contributed by atoms with van der Waals surface area (Å²) in [6, 6.07) is 8.51. The molecule has 0 radical (unpaired) electrons. The van der Waals surface area contributed by atoms with Crippen molar-refractivity contribution in [2.45, 2.75) is 58.9 Å². The van der Waals surface area contributed by atoms with E-state index in [2.05, 4.69) is 43.4 Å². The fraction of sp³-hybridized carbons (Fsp3) is 0.667. The molecule has 0 spiro atoms. The van der Waals surface area contributed by atoms with Crippen LogP contribution in [-0.2, 0) is 6.54 Å². The van der Waals surface area contributed by atoms with Crippen LogP contribution in [0.25, 0.3) is 0 Å². The maximum atomic E-state index is 5.61. The third-order valence-electron chi connectivity index (χ3n) is 4.64. The Balaban J connectivity index is 1.76. The first-order chi connectivity index (χ1) is 9.78. The Morgan fingerprint density at radius 1 is 1.10 bits per heavy atom. The number of nitrogens with one attached hydrogen (secondary N) is 1. The molecular formula is C18H29NO. The lowest BCUT2D eigenvalue weighted by molar-refractivity contribution is 0.268. The Morgan fingerprint density at radius 2 is 1.80 bits per heavy atom. The predicted octanol–water partition coefficient (Wildman–Crippen LogP) is 4.54. The van der Waals surface area contributed by atoms with Gasteiger partial charge in [-0.3, -0.25) is 0 Å². The van der Waals surface area contributed by atoms with Crippen LogP contribution in [0.4, 0.5) is 0 Å². The molecule has 0 bridgehead atoms. The average Bonchev–Trinajstić information content (AvgIpc) is 2.96. The van der Waals surface area contributed by atoms with Crippen LogP contribution in [0.5, 0.6) is 5.75 Å². The molecule has 2 rings (SSSR count). The molecular weight excluding hydrogens is 246 g/mol. The van der Waals surface area contributed by atoms with Gasteiger partial charge in [0, 0.05) is 13.1 Å². The molecule has 0 aromatic heterocycles. The van der Waals surface area contributed by atoms with E-state index in [1.807, 2.05) is 0 Å². The number of hydrogen-bond donors (Lipinski definition) is 1. The van der Waals surface area contributed by atoms with E-state index < -0.39 is 0 Å².